The molecule has 0 heterocycles. The van der Waals surface area contributed by atoms with Crippen molar-refractivity contribution < 1.29 is 14.6 Å². The predicted molar refractivity (Wildman–Crippen MR) is 90.5 cm³/mol. The molecule has 3 N–H and O–H groups in total. The second-order valence-corrected chi connectivity index (χ2v) is 7.45. The summed E-state index contributed by atoms with van der Waals surface area (Å²) in [4.78, 5) is 12.0. The number of phenolic OH excluding ortho intramolecular Hbond substituents is 1. The van der Waals surface area contributed by atoms with Gasteiger partial charge < -0.3 is 20.5 Å². The SMILES string of the molecule is Cc1cccc(CNCC2(NC(=O)OC(C)(C)C)CCC2)c1O. The van der Waals surface area contributed by atoms with Crippen molar-refractivity contribution in [3.63, 3.8) is 0 Å². The van der Waals surface area contributed by atoms with Crippen LogP contribution in [0.3, 0.4) is 0 Å². The summed E-state index contributed by atoms with van der Waals surface area (Å²) in [6, 6.07) is 5.73. The lowest BCUT2D eigenvalue weighted by molar-refractivity contribution is 0.0382. The van der Waals surface area contributed by atoms with E-state index < -0.39 is 5.60 Å². The van der Waals surface area contributed by atoms with Crippen molar-refractivity contribution in [3.8, 4) is 5.75 Å². The maximum absolute atomic E-state index is 12.0. The van der Waals surface area contributed by atoms with Crippen molar-refractivity contribution in [2.45, 2.75) is 64.6 Å². The molecule has 1 saturated carbocycles. The highest BCUT2D eigenvalue weighted by atomic mass is 16.6. The minimum atomic E-state index is -0.490. The molecule has 0 spiro atoms. The molecule has 1 aromatic carbocycles. The Morgan fingerprint density at radius 3 is 2.61 bits per heavy atom. The van der Waals surface area contributed by atoms with E-state index >= 15 is 0 Å². The van der Waals surface area contributed by atoms with E-state index in [0.29, 0.717) is 18.8 Å². The van der Waals surface area contributed by atoms with E-state index in [1.54, 1.807) is 0 Å². The number of nitrogens with one attached hydrogen (secondary N) is 2. The van der Waals surface area contributed by atoms with Gasteiger partial charge in [-0.25, -0.2) is 4.79 Å². The van der Waals surface area contributed by atoms with Crippen molar-refractivity contribution in [1.82, 2.24) is 10.6 Å². The minimum absolute atomic E-state index is 0.234. The largest absolute Gasteiger partial charge is 0.507 e. The number of hydrogen-bond acceptors (Lipinski definition) is 4. The molecule has 5 heteroatoms. The van der Waals surface area contributed by atoms with Gasteiger partial charge in [0.1, 0.15) is 11.4 Å². The van der Waals surface area contributed by atoms with Gasteiger partial charge in [-0.1, -0.05) is 18.2 Å². The zero-order chi connectivity index (χ0) is 17.1. The smallest absolute Gasteiger partial charge is 0.408 e. The molecule has 0 unspecified atom stereocenters. The van der Waals surface area contributed by atoms with Crippen molar-refractivity contribution >= 4 is 6.09 Å². The van der Waals surface area contributed by atoms with Crippen LogP contribution in [0.5, 0.6) is 5.75 Å². The number of ether oxygens (including phenoxy) is 1. The molecule has 0 aliphatic heterocycles. The molecule has 1 aliphatic carbocycles. The minimum Gasteiger partial charge on any atom is -0.507 e. The number of rotatable bonds is 5. The van der Waals surface area contributed by atoms with Crippen molar-refractivity contribution in [2.75, 3.05) is 6.54 Å². The first-order valence-corrected chi connectivity index (χ1v) is 8.20. The monoisotopic (exact) mass is 320 g/mol. The molecule has 0 saturated heterocycles. The van der Waals surface area contributed by atoms with Gasteiger partial charge in [0.25, 0.3) is 0 Å². The summed E-state index contributed by atoms with van der Waals surface area (Å²) >= 11 is 0. The van der Waals surface area contributed by atoms with E-state index in [-0.39, 0.29) is 11.6 Å². The third-order valence-corrected chi connectivity index (χ3v) is 4.18. The Morgan fingerprint density at radius 1 is 1.35 bits per heavy atom. The van der Waals surface area contributed by atoms with Crippen LogP contribution in [0.1, 0.15) is 51.2 Å². The lowest BCUT2D eigenvalue weighted by atomic mass is 9.76. The second kappa shape index (κ2) is 6.79. The van der Waals surface area contributed by atoms with Gasteiger partial charge in [-0.15, -0.1) is 0 Å². The molecule has 5 nitrogen and oxygen atoms in total. The molecular formula is C18H28N2O3. The van der Waals surface area contributed by atoms with Crippen LogP contribution in [0, 0.1) is 6.92 Å². The lowest BCUT2D eigenvalue weighted by Gasteiger charge is -2.42. The van der Waals surface area contributed by atoms with E-state index in [1.165, 1.54) is 0 Å². The topological polar surface area (TPSA) is 70.6 Å². The molecule has 1 aliphatic rings. The molecule has 1 fully saturated rings. The van der Waals surface area contributed by atoms with Crippen LogP contribution in [0.2, 0.25) is 0 Å². The first-order valence-electron chi connectivity index (χ1n) is 8.20. The fourth-order valence-electron chi connectivity index (χ4n) is 2.77. The highest BCUT2D eigenvalue weighted by Crippen LogP contribution is 2.32. The van der Waals surface area contributed by atoms with Gasteiger partial charge in [0, 0.05) is 18.7 Å². The summed E-state index contributed by atoms with van der Waals surface area (Å²) in [5, 5.41) is 16.4. The van der Waals surface area contributed by atoms with E-state index in [4.69, 9.17) is 4.74 Å². The van der Waals surface area contributed by atoms with Crippen LogP contribution in [-0.2, 0) is 11.3 Å². The number of carbonyl (C=O) groups excluding carboxylic acids is 1. The number of para-hydroxylation sites is 1. The number of aryl methyl sites for hydroxylation is 1. The summed E-state index contributed by atoms with van der Waals surface area (Å²) in [6.45, 7) is 8.71. The quantitative estimate of drug-likeness (QED) is 0.779. The average Bonchev–Trinajstić information content (AvgIpc) is 2.38. The third kappa shape index (κ3) is 4.86. The van der Waals surface area contributed by atoms with Crippen molar-refractivity contribution in [1.29, 1.82) is 0 Å². The maximum Gasteiger partial charge on any atom is 0.408 e. The number of hydrogen-bond donors (Lipinski definition) is 3. The van der Waals surface area contributed by atoms with Crippen LogP contribution < -0.4 is 10.6 Å². The Kier molecular flexibility index (Phi) is 5.19. The van der Waals surface area contributed by atoms with E-state index in [9.17, 15) is 9.90 Å². The van der Waals surface area contributed by atoms with Crippen LogP contribution in [0.4, 0.5) is 4.79 Å². The highest BCUT2D eigenvalue weighted by molar-refractivity contribution is 5.69. The fraction of sp³-hybridized carbons (Fsp3) is 0.611. The van der Waals surface area contributed by atoms with E-state index in [1.807, 2.05) is 45.9 Å². The summed E-state index contributed by atoms with van der Waals surface area (Å²) in [5.41, 5.74) is 1.02. The average molecular weight is 320 g/mol. The van der Waals surface area contributed by atoms with Gasteiger partial charge >= 0.3 is 6.09 Å². The molecule has 1 aromatic rings. The molecule has 0 radical (unpaired) electrons. The Morgan fingerprint density at radius 2 is 2.04 bits per heavy atom. The van der Waals surface area contributed by atoms with Gasteiger partial charge in [-0.2, -0.15) is 0 Å². The Bertz CT molecular complexity index is 560. The Labute approximate surface area is 138 Å². The molecule has 1 amide bonds. The molecule has 0 aromatic heterocycles. The molecule has 0 bridgehead atoms. The first kappa shape index (κ1) is 17.6. The second-order valence-electron chi connectivity index (χ2n) is 7.45. The number of carbonyl (C=O) groups is 1. The Hall–Kier alpha value is -1.75. The number of amides is 1. The van der Waals surface area contributed by atoms with E-state index in [0.717, 1.165) is 30.4 Å². The first-order chi connectivity index (χ1) is 10.7. The van der Waals surface area contributed by atoms with E-state index in [2.05, 4.69) is 10.6 Å². The molecule has 23 heavy (non-hydrogen) atoms. The van der Waals surface area contributed by atoms with Gasteiger partial charge in [0.05, 0.1) is 5.54 Å². The van der Waals surface area contributed by atoms with Crippen molar-refractivity contribution in [3.05, 3.63) is 29.3 Å². The molecule has 2 rings (SSSR count). The van der Waals surface area contributed by atoms with Crippen LogP contribution in [-0.4, -0.2) is 28.9 Å². The van der Waals surface area contributed by atoms with Gasteiger partial charge in [-0.05, 0) is 52.5 Å². The number of alkyl carbamates (subject to hydrolysis) is 1. The van der Waals surface area contributed by atoms with Crippen LogP contribution >= 0.6 is 0 Å². The normalized spacial score (nSPS) is 16.5. The van der Waals surface area contributed by atoms with Gasteiger partial charge in [0.2, 0.25) is 0 Å². The number of benzene rings is 1. The molecule has 0 atom stereocenters. The lowest BCUT2D eigenvalue weighted by Crippen LogP contribution is -2.59. The zero-order valence-electron chi connectivity index (χ0n) is 14.5. The van der Waals surface area contributed by atoms with Crippen LogP contribution in [0.15, 0.2) is 18.2 Å². The fourth-order valence-corrected chi connectivity index (χ4v) is 2.77. The summed E-state index contributed by atoms with van der Waals surface area (Å²) in [5.74, 6) is 0.336. The van der Waals surface area contributed by atoms with Gasteiger partial charge in [0.15, 0.2) is 0 Å². The third-order valence-electron chi connectivity index (χ3n) is 4.18. The van der Waals surface area contributed by atoms with Crippen LogP contribution in [0.25, 0.3) is 0 Å². The number of aromatic hydroxyl groups is 1. The Balaban J connectivity index is 1.87. The predicted octanol–water partition coefficient (Wildman–Crippen LogP) is 3.24. The molecule has 128 valence electrons. The standard InChI is InChI=1S/C18H28N2O3/c1-13-7-5-8-14(15(13)21)11-19-12-18(9-6-10-18)20-16(22)23-17(2,3)4/h5,7-8,19,21H,6,9-12H2,1-4H3,(H,20,22). The summed E-state index contributed by atoms with van der Waals surface area (Å²) in [6.07, 6.45) is 2.63. The molecular weight excluding hydrogens is 292 g/mol. The summed E-state index contributed by atoms with van der Waals surface area (Å²) < 4.78 is 5.35. The van der Waals surface area contributed by atoms with Crippen molar-refractivity contribution in [2.24, 2.45) is 0 Å². The number of phenols is 1. The zero-order valence-corrected chi connectivity index (χ0v) is 14.5. The van der Waals surface area contributed by atoms with Gasteiger partial charge in [-0.3, -0.25) is 0 Å². The summed E-state index contributed by atoms with van der Waals surface area (Å²) in [7, 11) is 0. The maximum atomic E-state index is 12.0. The highest BCUT2D eigenvalue weighted by Gasteiger charge is 2.39.